The van der Waals surface area contributed by atoms with Gasteiger partial charge in [-0.2, -0.15) is 4.37 Å². The summed E-state index contributed by atoms with van der Waals surface area (Å²) >= 11 is 1.39. The molecule has 1 aromatic heterocycles. The summed E-state index contributed by atoms with van der Waals surface area (Å²) in [5, 5.41) is 0.898. The van der Waals surface area contributed by atoms with Crippen LogP contribution in [0.25, 0.3) is 0 Å². The molecule has 1 aliphatic rings. The van der Waals surface area contributed by atoms with E-state index >= 15 is 0 Å². The number of hydrogen-bond donors (Lipinski definition) is 0. The summed E-state index contributed by atoms with van der Waals surface area (Å²) in [6.45, 7) is 5.09. The molecule has 1 saturated heterocycles. The lowest BCUT2D eigenvalue weighted by Gasteiger charge is -2.34. The van der Waals surface area contributed by atoms with Gasteiger partial charge in [-0.25, -0.2) is 9.37 Å². The predicted octanol–water partition coefficient (Wildman–Crippen LogP) is 2.72. The second-order valence-corrected chi connectivity index (χ2v) is 6.64. The fraction of sp³-hybridized carbons (Fsp3) is 0.471. The van der Waals surface area contributed by atoms with Crippen molar-refractivity contribution < 1.29 is 9.18 Å². The van der Waals surface area contributed by atoms with Crippen LogP contribution in [0.3, 0.4) is 0 Å². The molecule has 0 spiro atoms. The number of carbonyl (C=O) groups is 1. The number of rotatable bonds is 5. The molecule has 2 aromatic rings. The molecule has 0 unspecified atom stereocenters. The standard InChI is InChI=1S/C17H21FN4OS/c1-2-3-16(23)21-8-10-22(11-9-21)17-19-15(20-24-17)12-13-4-6-14(18)7-5-13/h4-7H,2-3,8-12H2,1H3. The van der Waals surface area contributed by atoms with Gasteiger partial charge in [0.05, 0.1) is 0 Å². The fourth-order valence-corrected chi connectivity index (χ4v) is 3.49. The Kier molecular flexibility index (Phi) is 5.40. The Morgan fingerprint density at radius 1 is 1.21 bits per heavy atom. The zero-order valence-electron chi connectivity index (χ0n) is 13.7. The van der Waals surface area contributed by atoms with Gasteiger partial charge in [0.2, 0.25) is 11.0 Å². The van der Waals surface area contributed by atoms with Gasteiger partial charge in [0.15, 0.2) is 0 Å². The van der Waals surface area contributed by atoms with Crippen LogP contribution in [0.5, 0.6) is 0 Å². The summed E-state index contributed by atoms with van der Waals surface area (Å²) in [5.41, 5.74) is 0.996. The molecule has 3 rings (SSSR count). The number of benzene rings is 1. The third kappa shape index (κ3) is 4.08. The maximum Gasteiger partial charge on any atom is 0.222 e. The molecule has 0 N–H and O–H groups in total. The van der Waals surface area contributed by atoms with Crippen molar-refractivity contribution in [1.29, 1.82) is 0 Å². The molecule has 1 amide bonds. The normalized spacial score (nSPS) is 14.9. The second kappa shape index (κ2) is 7.70. The van der Waals surface area contributed by atoms with Crippen molar-refractivity contribution >= 4 is 22.6 Å². The van der Waals surface area contributed by atoms with Crippen LogP contribution < -0.4 is 4.90 Å². The van der Waals surface area contributed by atoms with E-state index in [4.69, 9.17) is 0 Å². The minimum Gasteiger partial charge on any atom is -0.343 e. The van der Waals surface area contributed by atoms with Gasteiger partial charge in [-0.1, -0.05) is 19.1 Å². The summed E-state index contributed by atoms with van der Waals surface area (Å²) in [4.78, 5) is 20.6. The molecule has 1 aromatic carbocycles. The highest BCUT2D eigenvalue weighted by Crippen LogP contribution is 2.21. The first-order valence-corrected chi connectivity index (χ1v) is 9.03. The average Bonchev–Trinajstić information content (AvgIpc) is 3.06. The van der Waals surface area contributed by atoms with Crippen LogP contribution in [0.1, 0.15) is 31.2 Å². The molecule has 1 aliphatic heterocycles. The van der Waals surface area contributed by atoms with Crippen LogP contribution in [0.15, 0.2) is 24.3 Å². The molecule has 7 heteroatoms. The van der Waals surface area contributed by atoms with Gasteiger partial charge in [-0.15, -0.1) is 0 Å². The molecule has 128 valence electrons. The van der Waals surface area contributed by atoms with Crippen LogP contribution in [0.4, 0.5) is 9.52 Å². The minimum absolute atomic E-state index is 0.235. The number of hydrogen-bond acceptors (Lipinski definition) is 5. The lowest BCUT2D eigenvalue weighted by Crippen LogP contribution is -2.48. The topological polar surface area (TPSA) is 49.3 Å². The summed E-state index contributed by atoms with van der Waals surface area (Å²) in [5.74, 6) is 0.763. The van der Waals surface area contributed by atoms with Crippen LogP contribution >= 0.6 is 11.5 Å². The molecule has 0 saturated carbocycles. The third-order valence-corrected chi connectivity index (χ3v) is 4.91. The van der Waals surface area contributed by atoms with E-state index in [9.17, 15) is 9.18 Å². The monoisotopic (exact) mass is 348 g/mol. The van der Waals surface area contributed by atoms with Crippen LogP contribution in [-0.2, 0) is 11.2 Å². The lowest BCUT2D eigenvalue weighted by atomic mass is 10.1. The molecule has 1 fully saturated rings. The van der Waals surface area contributed by atoms with Gasteiger partial charge in [0.1, 0.15) is 11.6 Å². The summed E-state index contributed by atoms with van der Waals surface area (Å²) in [7, 11) is 0. The number of piperazine rings is 1. The average molecular weight is 348 g/mol. The molecular formula is C17H21FN4OS. The number of carbonyl (C=O) groups excluding carboxylic acids is 1. The van der Waals surface area contributed by atoms with Crippen LogP contribution in [0.2, 0.25) is 0 Å². The van der Waals surface area contributed by atoms with E-state index < -0.39 is 0 Å². The Morgan fingerprint density at radius 3 is 2.58 bits per heavy atom. The molecule has 0 atom stereocenters. The molecule has 0 bridgehead atoms. The smallest absolute Gasteiger partial charge is 0.222 e. The Bertz CT molecular complexity index is 680. The summed E-state index contributed by atoms with van der Waals surface area (Å²) in [6, 6.07) is 6.42. The predicted molar refractivity (Wildman–Crippen MR) is 92.8 cm³/mol. The van der Waals surface area contributed by atoms with Gasteiger partial charge < -0.3 is 9.80 Å². The van der Waals surface area contributed by atoms with Crippen LogP contribution in [-0.4, -0.2) is 46.3 Å². The van der Waals surface area contributed by atoms with Gasteiger partial charge in [0, 0.05) is 50.6 Å². The fourth-order valence-electron chi connectivity index (χ4n) is 2.75. The van der Waals surface area contributed by atoms with Gasteiger partial charge >= 0.3 is 0 Å². The number of aromatic nitrogens is 2. The first kappa shape index (κ1) is 16.8. The zero-order chi connectivity index (χ0) is 16.9. The van der Waals surface area contributed by atoms with Crippen molar-refractivity contribution in [3.05, 3.63) is 41.5 Å². The molecule has 0 aliphatic carbocycles. The Hall–Kier alpha value is -2.02. The van der Waals surface area contributed by atoms with E-state index in [0.29, 0.717) is 12.8 Å². The molecule has 2 heterocycles. The third-order valence-electron chi connectivity index (χ3n) is 4.10. The molecule has 24 heavy (non-hydrogen) atoms. The van der Waals surface area contributed by atoms with Crippen molar-refractivity contribution in [3.8, 4) is 0 Å². The second-order valence-electron chi connectivity index (χ2n) is 5.91. The molecule has 5 nitrogen and oxygen atoms in total. The SMILES string of the molecule is CCCC(=O)N1CCN(c2nc(Cc3ccc(F)cc3)ns2)CC1. The van der Waals surface area contributed by atoms with Crippen molar-refractivity contribution in [2.45, 2.75) is 26.2 Å². The number of halogens is 1. The van der Waals surface area contributed by atoms with Crippen LogP contribution in [0, 0.1) is 5.82 Å². The van der Waals surface area contributed by atoms with Crippen molar-refractivity contribution in [2.75, 3.05) is 31.1 Å². The van der Waals surface area contributed by atoms with E-state index in [1.807, 2.05) is 11.8 Å². The van der Waals surface area contributed by atoms with E-state index in [2.05, 4.69) is 14.3 Å². The first-order chi connectivity index (χ1) is 11.7. The highest BCUT2D eigenvalue weighted by molar-refractivity contribution is 7.09. The largest absolute Gasteiger partial charge is 0.343 e. The van der Waals surface area contributed by atoms with Crippen molar-refractivity contribution in [2.24, 2.45) is 0 Å². The Morgan fingerprint density at radius 2 is 1.92 bits per heavy atom. The maximum atomic E-state index is 12.9. The maximum absolute atomic E-state index is 12.9. The van der Waals surface area contributed by atoms with Crippen molar-refractivity contribution in [1.82, 2.24) is 14.3 Å². The Labute approximate surface area is 145 Å². The molecule has 0 radical (unpaired) electrons. The van der Waals surface area contributed by atoms with Gasteiger partial charge in [-0.05, 0) is 24.1 Å². The minimum atomic E-state index is -0.235. The van der Waals surface area contributed by atoms with E-state index in [-0.39, 0.29) is 11.7 Å². The zero-order valence-corrected chi connectivity index (χ0v) is 14.6. The number of amides is 1. The van der Waals surface area contributed by atoms with Gasteiger partial charge in [0.25, 0.3) is 0 Å². The van der Waals surface area contributed by atoms with Crippen molar-refractivity contribution in [3.63, 3.8) is 0 Å². The number of anilines is 1. The van der Waals surface area contributed by atoms with E-state index in [1.54, 1.807) is 12.1 Å². The highest BCUT2D eigenvalue weighted by atomic mass is 32.1. The first-order valence-electron chi connectivity index (χ1n) is 8.25. The quantitative estimate of drug-likeness (QED) is 0.834. The van der Waals surface area contributed by atoms with E-state index in [1.165, 1.54) is 23.7 Å². The molecular weight excluding hydrogens is 327 g/mol. The Balaban J connectivity index is 1.56. The van der Waals surface area contributed by atoms with Gasteiger partial charge in [-0.3, -0.25) is 4.79 Å². The summed E-state index contributed by atoms with van der Waals surface area (Å²) < 4.78 is 17.4. The van der Waals surface area contributed by atoms with E-state index in [0.717, 1.165) is 49.1 Å². The summed E-state index contributed by atoms with van der Waals surface area (Å²) in [6.07, 6.45) is 2.12. The lowest BCUT2D eigenvalue weighted by molar-refractivity contribution is -0.131. The number of nitrogens with zero attached hydrogens (tertiary/aromatic N) is 4. The highest BCUT2D eigenvalue weighted by Gasteiger charge is 2.22.